The molecule has 2 atom stereocenters. The number of hydrogen-bond donors (Lipinski definition) is 2. The highest BCUT2D eigenvalue weighted by molar-refractivity contribution is 7.89. The largest absolute Gasteiger partial charge is 0.393 e. The molecule has 4 nitrogen and oxygen atoms in total. The first-order valence-electron chi connectivity index (χ1n) is 6.39. The number of nitrogens with one attached hydrogen (secondary N) is 1. The van der Waals surface area contributed by atoms with Crippen LogP contribution in [0, 0.1) is 18.7 Å². The number of aryl methyl sites for hydroxylation is 1. The maximum Gasteiger partial charge on any atom is 0.241 e. The molecule has 1 aromatic carbocycles. The lowest BCUT2D eigenvalue weighted by Crippen LogP contribution is -2.41. The Hall–Kier alpha value is -1.05. The van der Waals surface area contributed by atoms with Crippen LogP contribution in [-0.4, -0.2) is 19.4 Å². The van der Waals surface area contributed by atoms with Gasteiger partial charge in [-0.05, 0) is 43.5 Å². The van der Waals surface area contributed by atoms with Crippen molar-refractivity contribution < 1.29 is 12.8 Å². The van der Waals surface area contributed by atoms with Crippen molar-refractivity contribution in [2.24, 2.45) is 11.7 Å². The molecule has 2 rings (SSSR count). The molecule has 1 fully saturated rings. The second-order valence-corrected chi connectivity index (χ2v) is 7.23. The van der Waals surface area contributed by atoms with Gasteiger partial charge >= 0.3 is 0 Å². The molecule has 1 aromatic rings. The Morgan fingerprint density at radius 2 is 2.15 bits per heavy atom. The fourth-order valence-electron chi connectivity index (χ4n) is 2.62. The van der Waals surface area contributed by atoms with Crippen LogP contribution in [0.3, 0.4) is 0 Å². The van der Waals surface area contributed by atoms with Crippen molar-refractivity contribution in [1.82, 2.24) is 4.72 Å². The van der Waals surface area contributed by atoms with Crippen molar-refractivity contribution in [3.05, 3.63) is 29.6 Å². The van der Waals surface area contributed by atoms with E-state index in [1.54, 1.807) is 6.92 Å². The van der Waals surface area contributed by atoms with Gasteiger partial charge in [0.05, 0.1) is 9.88 Å². The average Bonchev–Trinajstić information content (AvgIpc) is 2.75. The lowest BCUT2D eigenvalue weighted by atomic mass is 10.1. The third kappa shape index (κ3) is 3.16. The molecule has 0 aliphatic heterocycles. The summed E-state index contributed by atoms with van der Waals surface area (Å²) < 4.78 is 40.4. The molecule has 1 aliphatic rings. The summed E-state index contributed by atoms with van der Waals surface area (Å²) in [6.45, 7) is 1.57. The topological polar surface area (TPSA) is 72.2 Å². The van der Waals surface area contributed by atoms with E-state index < -0.39 is 15.8 Å². The van der Waals surface area contributed by atoms with E-state index in [9.17, 15) is 12.8 Å². The summed E-state index contributed by atoms with van der Waals surface area (Å²) >= 11 is 4.97. The fraction of sp³-hybridized carbons (Fsp3) is 0.462. The molecule has 110 valence electrons. The van der Waals surface area contributed by atoms with Gasteiger partial charge in [-0.2, -0.15) is 0 Å². The predicted octanol–water partition coefficient (Wildman–Crippen LogP) is 1.87. The highest BCUT2D eigenvalue weighted by Crippen LogP contribution is 2.28. The number of sulfonamides is 1. The van der Waals surface area contributed by atoms with Gasteiger partial charge in [0.25, 0.3) is 0 Å². The zero-order valence-corrected chi connectivity index (χ0v) is 12.7. The second kappa shape index (κ2) is 5.75. The van der Waals surface area contributed by atoms with Crippen LogP contribution in [0.2, 0.25) is 0 Å². The zero-order valence-electron chi connectivity index (χ0n) is 11.1. The molecule has 1 aliphatic carbocycles. The summed E-state index contributed by atoms with van der Waals surface area (Å²) in [6, 6.07) is 3.34. The third-order valence-corrected chi connectivity index (χ3v) is 5.57. The molecule has 0 bridgehead atoms. The van der Waals surface area contributed by atoms with E-state index in [0.29, 0.717) is 17.0 Å². The number of halogens is 1. The minimum absolute atomic E-state index is 0.0903. The van der Waals surface area contributed by atoms with E-state index in [2.05, 4.69) is 4.72 Å². The summed E-state index contributed by atoms with van der Waals surface area (Å²) in [4.78, 5) is 0.429. The lowest BCUT2D eigenvalue weighted by molar-refractivity contribution is 0.524. The number of nitrogens with two attached hydrogens (primary N) is 1. The number of rotatable bonds is 4. The van der Waals surface area contributed by atoms with Crippen LogP contribution < -0.4 is 10.5 Å². The maximum atomic E-state index is 13.1. The number of hydrogen-bond acceptors (Lipinski definition) is 3. The highest BCUT2D eigenvalue weighted by Gasteiger charge is 2.33. The van der Waals surface area contributed by atoms with Gasteiger partial charge in [-0.15, -0.1) is 0 Å². The van der Waals surface area contributed by atoms with E-state index in [1.165, 1.54) is 12.1 Å². The first-order valence-corrected chi connectivity index (χ1v) is 8.28. The highest BCUT2D eigenvalue weighted by atomic mass is 32.2. The molecule has 20 heavy (non-hydrogen) atoms. The van der Waals surface area contributed by atoms with E-state index >= 15 is 0 Å². The third-order valence-electron chi connectivity index (χ3n) is 3.61. The van der Waals surface area contributed by atoms with Crippen molar-refractivity contribution in [1.29, 1.82) is 0 Å². The van der Waals surface area contributed by atoms with Gasteiger partial charge in [0.1, 0.15) is 5.82 Å². The Kier molecular flexibility index (Phi) is 4.41. The Balaban J connectivity index is 2.25. The van der Waals surface area contributed by atoms with Gasteiger partial charge in [-0.1, -0.05) is 18.6 Å². The second-order valence-electron chi connectivity index (χ2n) is 5.08. The van der Waals surface area contributed by atoms with Crippen molar-refractivity contribution >= 4 is 27.2 Å². The quantitative estimate of drug-likeness (QED) is 0.832. The summed E-state index contributed by atoms with van der Waals surface area (Å²) in [6.07, 6.45) is 2.39. The van der Waals surface area contributed by atoms with Crippen LogP contribution in [0.25, 0.3) is 0 Å². The Labute approximate surface area is 123 Å². The van der Waals surface area contributed by atoms with Crippen molar-refractivity contribution in [3.63, 3.8) is 0 Å². The normalized spacial score (nSPS) is 22.9. The van der Waals surface area contributed by atoms with Gasteiger partial charge in [-0.25, -0.2) is 17.5 Å². The SMILES string of the molecule is Cc1cc(F)ccc1S(=O)(=O)NC1CCCC1C(N)=S. The van der Waals surface area contributed by atoms with Crippen molar-refractivity contribution in [3.8, 4) is 0 Å². The van der Waals surface area contributed by atoms with Gasteiger partial charge in [0.2, 0.25) is 10.0 Å². The van der Waals surface area contributed by atoms with Crippen molar-refractivity contribution in [2.45, 2.75) is 37.1 Å². The molecule has 2 unspecified atom stereocenters. The fourth-order valence-corrected chi connectivity index (χ4v) is 4.44. The predicted molar refractivity (Wildman–Crippen MR) is 79.4 cm³/mol. The molecule has 0 radical (unpaired) electrons. The van der Waals surface area contributed by atoms with Crippen LogP contribution in [0.5, 0.6) is 0 Å². The number of benzene rings is 1. The minimum Gasteiger partial charge on any atom is -0.393 e. The first-order chi connectivity index (χ1) is 9.31. The van der Waals surface area contributed by atoms with Gasteiger partial charge in [0.15, 0.2) is 0 Å². The summed E-state index contributed by atoms with van der Waals surface area (Å²) in [5, 5.41) is 0. The summed E-state index contributed by atoms with van der Waals surface area (Å²) in [5.74, 6) is -0.566. The van der Waals surface area contributed by atoms with Crippen LogP contribution in [0.1, 0.15) is 24.8 Å². The van der Waals surface area contributed by atoms with Gasteiger partial charge in [0, 0.05) is 12.0 Å². The average molecular weight is 316 g/mol. The van der Waals surface area contributed by atoms with Crippen LogP contribution in [0.15, 0.2) is 23.1 Å². The molecule has 1 saturated carbocycles. The molecular formula is C13H17FN2O2S2. The number of thiocarbonyl (C=S) groups is 1. The van der Waals surface area contributed by atoms with Crippen LogP contribution in [-0.2, 0) is 10.0 Å². The standard InChI is InChI=1S/C13H17FN2O2S2/c1-8-7-9(14)5-6-12(8)20(17,18)16-11-4-2-3-10(11)13(15)19/h5-7,10-11,16H,2-4H2,1H3,(H2,15,19). The molecule has 0 saturated heterocycles. The van der Waals surface area contributed by atoms with Gasteiger partial charge < -0.3 is 5.73 Å². The van der Waals surface area contributed by atoms with Crippen LogP contribution in [0.4, 0.5) is 4.39 Å². The lowest BCUT2D eigenvalue weighted by Gasteiger charge is -2.20. The molecule has 0 amide bonds. The van der Waals surface area contributed by atoms with Crippen LogP contribution >= 0.6 is 12.2 Å². The molecular weight excluding hydrogens is 299 g/mol. The molecule has 3 N–H and O–H groups in total. The maximum absolute atomic E-state index is 13.1. The molecule has 7 heteroatoms. The minimum atomic E-state index is -3.69. The Bertz CT molecular complexity index is 631. The summed E-state index contributed by atoms with van der Waals surface area (Å²) in [5.41, 5.74) is 6.02. The molecule has 0 heterocycles. The Morgan fingerprint density at radius 1 is 1.45 bits per heavy atom. The van der Waals surface area contributed by atoms with E-state index in [-0.39, 0.29) is 16.9 Å². The van der Waals surface area contributed by atoms with Crippen molar-refractivity contribution in [2.75, 3.05) is 0 Å². The monoisotopic (exact) mass is 316 g/mol. The van der Waals surface area contributed by atoms with E-state index in [1.807, 2.05) is 0 Å². The smallest absolute Gasteiger partial charge is 0.241 e. The first kappa shape index (κ1) is 15.3. The van der Waals surface area contributed by atoms with E-state index in [0.717, 1.165) is 18.9 Å². The zero-order chi connectivity index (χ0) is 14.9. The van der Waals surface area contributed by atoms with E-state index in [4.69, 9.17) is 18.0 Å². The molecule has 0 spiro atoms. The Morgan fingerprint density at radius 3 is 2.75 bits per heavy atom. The molecule has 0 aromatic heterocycles. The summed E-state index contributed by atoms with van der Waals surface area (Å²) in [7, 11) is -3.69. The van der Waals surface area contributed by atoms with Gasteiger partial charge in [-0.3, -0.25) is 0 Å².